The molecule has 0 spiro atoms. The van der Waals surface area contributed by atoms with E-state index in [1.165, 1.54) is 30.2 Å². The maximum Gasteiger partial charge on any atom is 0.138 e. The summed E-state index contributed by atoms with van der Waals surface area (Å²) in [6.07, 6.45) is 5.60. The zero-order valence-electron chi connectivity index (χ0n) is 8.70. The third-order valence-corrected chi connectivity index (χ3v) is 8.03. The van der Waals surface area contributed by atoms with Gasteiger partial charge in [-0.2, -0.15) is 0 Å². The first kappa shape index (κ1) is 9.87. The molecule has 3 heteroatoms. The third-order valence-electron chi connectivity index (χ3n) is 3.19. The number of rotatable bonds is 3. The van der Waals surface area contributed by atoms with Crippen molar-refractivity contribution in [3.8, 4) is 0 Å². The van der Waals surface area contributed by atoms with Crippen molar-refractivity contribution in [3.05, 3.63) is 24.4 Å². The van der Waals surface area contributed by atoms with Crippen molar-refractivity contribution >= 4 is 13.4 Å². The number of nitrogens with zero attached hydrogens (tertiary/aromatic N) is 1. The fourth-order valence-corrected chi connectivity index (χ4v) is 6.88. The highest BCUT2D eigenvalue weighted by molar-refractivity contribution is 6.91. The molecule has 1 aromatic heterocycles. The molecular weight excluding hydrogens is 190 g/mol. The number of methoxy groups -OCH3 is 1. The Morgan fingerprint density at radius 3 is 2.71 bits per heavy atom. The normalized spacial score (nSPS) is 19.8. The van der Waals surface area contributed by atoms with Crippen LogP contribution in [0.4, 0.5) is 0 Å². The molecule has 1 aromatic rings. The van der Waals surface area contributed by atoms with E-state index >= 15 is 0 Å². The topological polar surface area (TPSA) is 22.1 Å². The van der Waals surface area contributed by atoms with Crippen molar-refractivity contribution in [2.24, 2.45) is 0 Å². The van der Waals surface area contributed by atoms with E-state index in [4.69, 9.17) is 4.74 Å². The van der Waals surface area contributed by atoms with Crippen molar-refractivity contribution in [2.75, 3.05) is 13.3 Å². The Hall–Kier alpha value is -0.673. The summed E-state index contributed by atoms with van der Waals surface area (Å²) < 4.78 is 5.41. The van der Waals surface area contributed by atoms with Crippen molar-refractivity contribution in [1.29, 1.82) is 0 Å². The Morgan fingerprint density at radius 1 is 1.36 bits per heavy atom. The van der Waals surface area contributed by atoms with Gasteiger partial charge >= 0.3 is 0 Å². The van der Waals surface area contributed by atoms with Crippen LogP contribution in [0.25, 0.3) is 0 Å². The van der Waals surface area contributed by atoms with Crippen molar-refractivity contribution < 1.29 is 4.74 Å². The highest BCUT2D eigenvalue weighted by Crippen LogP contribution is 2.29. The van der Waals surface area contributed by atoms with Crippen LogP contribution in [0, 0.1) is 0 Å². The van der Waals surface area contributed by atoms with Gasteiger partial charge in [-0.05, 0) is 24.2 Å². The summed E-state index contributed by atoms with van der Waals surface area (Å²) in [5, 5.41) is 1.35. The van der Waals surface area contributed by atoms with Gasteiger partial charge in [-0.1, -0.05) is 18.9 Å². The van der Waals surface area contributed by atoms with E-state index in [2.05, 4.69) is 17.1 Å². The van der Waals surface area contributed by atoms with E-state index in [1.807, 2.05) is 19.4 Å². The molecule has 1 fully saturated rings. The van der Waals surface area contributed by atoms with Crippen molar-refractivity contribution in [2.45, 2.75) is 24.9 Å². The van der Waals surface area contributed by atoms with Crippen LogP contribution < -0.4 is 5.32 Å². The van der Waals surface area contributed by atoms with Crippen LogP contribution in [0.15, 0.2) is 24.4 Å². The maximum absolute atomic E-state index is 5.41. The Morgan fingerprint density at radius 2 is 2.14 bits per heavy atom. The van der Waals surface area contributed by atoms with E-state index < -0.39 is 8.07 Å². The van der Waals surface area contributed by atoms with Crippen LogP contribution in [0.5, 0.6) is 0 Å². The minimum absolute atomic E-state index is 0.948. The molecule has 0 aromatic carbocycles. The van der Waals surface area contributed by atoms with Crippen molar-refractivity contribution in [3.63, 3.8) is 0 Å². The average Bonchev–Trinajstić information content (AvgIpc) is 2.70. The molecule has 0 unspecified atom stereocenters. The van der Waals surface area contributed by atoms with E-state index in [0.29, 0.717) is 0 Å². The minimum Gasteiger partial charge on any atom is -0.387 e. The predicted octanol–water partition coefficient (Wildman–Crippen LogP) is 1.72. The molecule has 14 heavy (non-hydrogen) atoms. The number of hydrogen-bond acceptors (Lipinski definition) is 2. The summed E-state index contributed by atoms with van der Waals surface area (Å²) in [6.45, 7) is 0. The standard InChI is InChI=1S/C11H17NOSi/c1-13-10-14(8-4-5-9-14)11-6-2-3-7-12-11/h2-3,6-7H,4-5,8-10H2,1H3. The lowest BCUT2D eigenvalue weighted by Gasteiger charge is -2.24. The SMILES string of the molecule is COC[Si]1(c2ccccn2)CCCC1. The smallest absolute Gasteiger partial charge is 0.138 e. The Kier molecular flexibility index (Phi) is 2.98. The number of ether oxygens (including phenoxy) is 1. The number of aromatic nitrogens is 1. The molecule has 2 rings (SSSR count). The van der Waals surface area contributed by atoms with Gasteiger partial charge in [0.05, 0.1) is 0 Å². The second kappa shape index (κ2) is 4.23. The molecule has 0 radical (unpaired) electrons. The lowest BCUT2D eigenvalue weighted by atomic mass is 10.4. The second-order valence-electron chi connectivity index (χ2n) is 4.14. The molecule has 0 bridgehead atoms. The van der Waals surface area contributed by atoms with Gasteiger partial charge < -0.3 is 4.74 Å². The van der Waals surface area contributed by atoms with Gasteiger partial charge in [-0.25, -0.2) is 0 Å². The molecule has 0 atom stereocenters. The summed E-state index contributed by atoms with van der Waals surface area (Å²) in [5.74, 6) is 0. The minimum atomic E-state index is -1.34. The first-order valence-corrected chi connectivity index (χ1v) is 7.90. The van der Waals surface area contributed by atoms with Gasteiger partial charge in [-0.3, -0.25) is 4.98 Å². The molecule has 2 heterocycles. The Labute approximate surface area is 86.3 Å². The quantitative estimate of drug-likeness (QED) is 0.704. The Balaban J connectivity index is 2.27. The number of pyridine rings is 1. The average molecular weight is 207 g/mol. The van der Waals surface area contributed by atoms with Gasteiger partial charge in [0.15, 0.2) is 0 Å². The van der Waals surface area contributed by atoms with Gasteiger partial charge in [0.1, 0.15) is 8.07 Å². The van der Waals surface area contributed by atoms with Gasteiger partial charge in [0.2, 0.25) is 0 Å². The largest absolute Gasteiger partial charge is 0.387 e. The molecule has 0 N–H and O–H groups in total. The molecule has 0 amide bonds. The third kappa shape index (κ3) is 1.74. The summed E-state index contributed by atoms with van der Waals surface area (Å²) in [7, 11) is 0.474. The summed E-state index contributed by atoms with van der Waals surface area (Å²) in [6, 6.07) is 9.00. The van der Waals surface area contributed by atoms with Crippen LogP contribution in [0.2, 0.25) is 12.1 Å². The monoisotopic (exact) mass is 207 g/mol. The number of hydrogen-bond donors (Lipinski definition) is 0. The van der Waals surface area contributed by atoms with Crippen LogP contribution >= 0.6 is 0 Å². The second-order valence-corrected chi connectivity index (χ2v) is 8.50. The van der Waals surface area contributed by atoms with Crippen LogP contribution in [-0.4, -0.2) is 26.4 Å². The molecule has 76 valence electrons. The molecule has 1 saturated heterocycles. The zero-order valence-corrected chi connectivity index (χ0v) is 9.70. The van der Waals surface area contributed by atoms with Crippen LogP contribution in [0.3, 0.4) is 0 Å². The van der Waals surface area contributed by atoms with E-state index in [1.54, 1.807) is 0 Å². The Bertz CT molecular complexity index is 283. The van der Waals surface area contributed by atoms with Crippen molar-refractivity contribution in [1.82, 2.24) is 4.98 Å². The summed E-state index contributed by atoms with van der Waals surface area (Å²) in [5.41, 5.74) is 0. The van der Waals surface area contributed by atoms with Gasteiger partial charge in [0, 0.05) is 24.9 Å². The fourth-order valence-electron chi connectivity index (χ4n) is 2.48. The van der Waals surface area contributed by atoms with E-state index in [0.717, 1.165) is 6.23 Å². The highest BCUT2D eigenvalue weighted by atomic mass is 28.3. The molecule has 1 aliphatic heterocycles. The molecular formula is C11H17NOSi. The molecule has 0 aliphatic carbocycles. The maximum atomic E-state index is 5.41. The summed E-state index contributed by atoms with van der Waals surface area (Å²) in [4.78, 5) is 4.53. The first-order chi connectivity index (χ1) is 6.87. The van der Waals surface area contributed by atoms with Gasteiger partial charge in [0.25, 0.3) is 0 Å². The van der Waals surface area contributed by atoms with Gasteiger partial charge in [-0.15, -0.1) is 0 Å². The summed E-state index contributed by atoms with van der Waals surface area (Å²) >= 11 is 0. The lowest BCUT2D eigenvalue weighted by molar-refractivity contribution is 0.246. The lowest BCUT2D eigenvalue weighted by Crippen LogP contribution is -2.51. The predicted molar refractivity (Wildman–Crippen MR) is 60.3 cm³/mol. The molecule has 2 nitrogen and oxygen atoms in total. The van der Waals surface area contributed by atoms with E-state index in [9.17, 15) is 0 Å². The molecule has 1 aliphatic rings. The first-order valence-electron chi connectivity index (χ1n) is 5.28. The van der Waals surface area contributed by atoms with E-state index in [-0.39, 0.29) is 0 Å². The van der Waals surface area contributed by atoms with Crippen LogP contribution in [-0.2, 0) is 4.74 Å². The molecule has 0 saturated carbocycles. The fraction of sp³-hybridized carbons (Fsp3) is 0.545. The zero-order chi connectivity index (χ0) is 9.86. The highest BCUT2D eigenvalue weighted by Gasteiger charge is 2.39. The van der Waals surface area contributed by atoms with Crippen LogP contribution in [0.1, 0.15) is 12.8 Å².